The molecule has 130 valence electrons. The lowest BCUT2D eigenvalue weighted by Gasteiger charge is -2.45. The number of aliphatic hydroxyl groups excluding tert-OH is 5. The van der Waals surface area contributed by atoms with Crippen LogP contribution in [0.4, 0.5) is 0 Å². The summed E-state index contributed by atoms with van der Waals surface area (Å²) < 4.78 is 21.2. The van der Waals surface area contributed by atoms with Gasteiger partial charge in [0.05, 0.1) is 12.2 Å². The van der Waals surface area contributed by atoms with E-state index in [1.165, 1.54) is 14.0 Å². The van der Waals surface area contributed by atoms with Crippen molar-refractivity contribution in [2.24, 2.45) is 0 Å². The van der Waals surface area contributed by atoms with Gasteiger partial charge in [-0.15, -0.1) is 0 Å². The molecule has 0 aromatic heterocycles. The zero-order valence-electron chi connectivity index (χ0n) is 12.6. The highest BCUT2D eigenvalue weighted by Gasteiger charge is 2.49. The van der Waals surface area contributed by atoms with E-state index in [1.54, 1.807) is 6.92 Å². The maximum atomic E-state index is 10.1. The average Bonchev–Trinajstić information content (AvgIpc) is 2.50. The molecular formula is C13H24O9. The second-order valence-electron chi connectivity index (χ2n) is 5.71. The molecule has 0 spiro atoms. The minimum absolute atomic E-state index is 0.664. The molecule has 2 aliphatic rings. The van der Waals surface area contributed by atoms with Crippen LogP contribution in [0.15, 0.2) is 0 Å². The van der Waals surface area contributed by atoms with Crippen molar-refractivity contribution in [1.82, 2.24) is 0 Å². The number of methoxy groups -OCH3 is 1. The van der Waals surface area contributed by atoms with E-state index in [0.29, 0.717) is 0 Å². The lowest BCUT2D eigenvalue weighted by atomic mass is 9.98. The average molecular weight is 324 g/mol. The van der Waals surface area contributed by atoms with Crippen LogP contribution in [-0.2, 0) is 18.9 Å². The van der Waals surface area contributed by atoms with Gasteiger partial charge in [-0.3, -0.25) is 0 Å². The van der Waals surface area contributed by atoms with E-state index in [1.807, 2.05) is 0 Å². The highest BCUT2D eigenvalue weighted by molar-refractivity contribution is 4.92. The lowest BCUT2D eigenvalue weighted by Crippen LogP contribution is -2.63. The number of rotatable bonds is 3. The minimum atomic E-state index is -1.52. The molecule has 0 aliphatic carbocycles. The van der Waals surface area contributed by atoms with Gasteiger partial charge in [-0.1, -0.05) is 0 Å². The van der Waals surface area contributed by atoms with Gasteiger partial charge in [0.25, 0.3) is 0 Å². The number of hydrogen-bond acceptors (Lipinski definition) is 9. The standard InChI is InChI=1S/C13H24O9/c1-4-6(14)8(16)10(18)12(20-4)22-11-9(17)7(15)5(2)21-13(11)19-3/h4-18H,1-3H3/t4-,5-,6-,7-,8+,9+,10+,11+,12+,13+/m0/s1. The topological polar surface area (TPSA) is 138 Å². The predicted molar refractivity (Wildman–Crippen MR) is 70.6 cm³/mol. The SMILES string of the molecule is CO[C@@H]1O[C@@H](C)[C@H](O)[C@@H](O)[C@H]1O[C@H]1O[C@@H](C)[C@H](O)[C@@H](O)[C@H]1O. The first kappa shape index (κ1) is 18.0. The summed E-state index contributed by atoms with van der Waals surface area (Å²) in [6.07, 6.45) is -11.6. The molecule has 0 bridgehead atoms. The Kier molecular flexibility index (Phi) is 5.75. The summed E-state index contributed by atoms with van der Waals surface area (Å²) >= 11 is 0. The van der Waals surface area contributed by atoms with Gasteiger partial charge in [0.15, 0.2) is 12.6 Å². The van der Waals surface area contributed by atoms with E-state index in [2.05, 4.69) is 0 Å². The van der Waals surface area contributed by atoms with Crippen LogP contribution >= 0.6 is 0 Å². The summed E-state index contributed by atoms with van der Waals surface area (Å²) in [6.45, 7) is 3.08. The second kappa shape index (κ2) is 7.04. The summed E-state index contributed by atoms with van der Waals surface area (Å²) in [4.78, 5) is 0. The van der Waals surface area contributed by atoms with E-state index in [-0.39, 0.29) is 0 Å². The van der Waals surface area contributed by atoms with Gasteiger partial charge >= 0.3 is 0 Å². The molecular weight excluding hydrogens is 300 g/mol. The van der Waals surface area contributed by atoms with Gasteiger partial charge in [-0.25, -0.2) is 0 Å². The van der Waals surface area contributed by atoms with Crippen molar-refractivity contribution in [3.63, 3.8) is 0 Å². The van der Waals surface area contributed by atoms with Gasteiger partial charge in [-0.05, 0) is 13.8 Å². The third-order valence-corrected chi connectivity index (χ3v) is 4.12. The fourth-order valence-electron chi connectivity index (χ4n) is 2.62. The lowest BCUT2D eigenvalue weighted by molar-refractivity contribution is -0.359. The zero-order valence-corrected chi connectivity index (χ0v) is 12.6. The first-order chi connectivity index (χ1) is 10.3. The second-order valence-corrected chi connectivity index (χ2v) is 5.71. The monoisotopic (exact) mass is 324 g/mol. The molecule has 0 aromatic rings. The number of ether oxygens (including phenoxy) is 4. The highest BCUT2D eigenvalue weighted by Crippen LogP contribution is 2.29. The fourth-order valence-corrected chi connectivity index (χ4v) is 2.62. The summed E-state index contributed by atoms with van der Waals surface area (Å²) in [5, 5.41) is 49.3. The van der Waals surface area contributed by atoms with Crippen LogP contribution < -0.4 is 0 Å². The summed E-state index contributed by atoms with van der Waals surface area (Å²) in [7, 11) is 1.34. The third-order valence-electron chi connectivity index (χ3n) is 4.12. The first-order valence-corrected chi connectivity index (χ1v) is 7.17. The van der Waals surface area contributed by atoms with E-state index >= 15 is 0 Å². The zero-order chi connectivity index (χ0) is 16.6. The molecule has 2 heterocycles. The van der Waals surface area contributed by atoms with Gasteiger partial charge < -0.3 is 44.5 Å². The van der Waals surface area contributed by atoms with E-state index in [9.17, 15) is 25.5 Å². The molecule has 2 rings (SSSR count). The van der Waals surface area contributed by atoms with E-state index in [4.69, 9.17) is 18.9 Å². The molecule has 22 heavy (non-hydrogen) atoms. The Balaban J connectivity index is 2.10. The summed E-state index contributed by atoms with van der Waals surface area (Å²) in [6, 6.07) is 0. The van der Waals surface area contributed by atoms with Gasteiger partial charge in [0.2, 0.25) is 0 Å². The molecule has 5 N–H and O–H groups in total. The highest BCUT2D eigenvalue weighted by atomic mass is 16.7. The molecule has 0 saturated carbocycles. The smallest absolute Gasteiger partial charge is 0.187 e. The quantitative estimate of drug-likeness (QED) is 0.376. The largest absolute Gasteiger partial charge is 0.388 e. The Hall–Kier alpha value is -0.360. The first-order valence-electron chi connectivity index (χ1n) is 7.17. The maximum Gasteiger partial charge on any atom is 0.187 e. The number of aliphatic hydroxyl groups is 5. The van der Waals surface area contributed by atoms with Crippen molar-refractivity contribution < 1.29 is 44.5 Å². The molecule has 10 atom stereocenters. The third kappa shape index (κ3) is 3.28. The maximum absolute atomic E-state index is 10.1. The van der Waals surface area contributed by atoms with Crippen LogP contribution in [-0.4, -0.2) is 94.1 Å². The van der Waals surface area contributed by atoms with Crippen molar-refractivity contribution in [2.75, 3.05) is 7.11 Å². The molecule has 2 aliphatic heterocycles. The van der Waals surface area contributed by atoms with Crippen molar-refractivity contribution in [1.29, 1.82) is 0 Å². The Morgan fingerprint density at radius 3 is 1.73 bits per heavy atom. The van der Waals surface area contributed by atoms with E-state index in [0.717, 1.165) is 0 Å². The molecule has 9 nitrogen and oxygen atoms in total. The fraction of sp³-hybridized carbons (Fsp3) is 1.00. The molecule has 2 fully saturated rings. The Morgan fingerprint density at radius 2 is 1.18 bits per heavy atom. The Labute approximate surface area is 128 Å². The molecule has 0 aromatic carbocycles. The van der Waals surface area contributed by atoms with Crippen LogP contribution in [0.25, 0.3) is 0 Å². The van der Waals surface area contributed by atoms with Gasteiger partial charge in [0, 0.05) is 7.11 Å². The van der Waals surface area contributed by atoms with Crippen LogP contribution in [0, 0.1) is 0 Å². The van der Waals surface area contributed by atoms with Gasteiger partial charge in [0.1, 0.15) is 36.6 Å². The summed E-state index contributed by atoms with van der Waals surface area (Å²) in [5.41, 5.74) is 0. The van der Waals surface area contributed by atoms with Crippen LogP contribution in [0.1, 0.15) is 13.8 Å². The predicted octanol–water partition coefficient (Wildman–Crippen LogP) is -2.69. The van der Waals surface area contributed by atoms with Crippen LogP contribution in [0.3, 0.4) is 0 Å². The molecule has 2 saturated heterocycles. The van der Waals surface area contributed by atoms with Crippen molar-refractivity contribution >= 4 is 0 Å². The molecule has 0 radical (unpaired) electrons. The van der Waals surface area contributed by atoms with Crippen molar-refractivity contribution in [3.05, 3.63) is 0 Å². The van der Waals surface area contributed by atoms with E-state index < -0.39 is 61.4 Å². The molecule has 0 amide bonds. The molecule has 9 heteroatoms. The minimum Gasteiger partial charge on any atom is -0.388 e. The Bertz CT molecular complexity index is 365. The van der Waals surface area contributed by atoms with Crippen molar-refractivity contribution in [2.45, 2.75) is 75.3 Å². The molecule has 0 unspecified atom stereocenters. The van der Waals surface area contributed by atoms with Crippen LogP contribution in [0.5, 0.6) is 0 Å². The van der Waals surface area contributed by atoms with Gasteiger partial charge in [-0.2, -0.15) is 0 Å². The number of hydrogen-bond donors (Lipinski definition) is 5. The van der Waals surface area contributed by atoms with Crippen LogP contribution in [0.2, 0.25) is 0 Å². The Morgan fingerprint density at radius 1 is 0.682 bits per heavy atom. The normalized spacial score (nSPS) is 53.5. The summed E-state index contributed by atoms with van der Waals surface area (Å²) in [5.74, 6) is 0. The van der Waals surface area contributed by atoms with Crippen molar-refractivity contribution in [3.8, 4) is 0 Å².